The average Bonchev–Trinajstić information content (AvgIpc) is 2.58. The van der Waals surface area contributed by atoms with Crippen LogP contribution in [-0.2, 0) is 65.4 Å². The maximum absolute atomic E-state index is 13.1. The lowest BCUT2D eigenvalue weighted by molar-refractivity contribution is -0.161. The molecule has 3 N–H and O–H groups in total. The molecule has 0 fully saturated rings. The molecular weight excluding hydrogens is 1220 g/mol. The standard InChI is InChI=1S/C74H144O17P2/c1-6-10-13-16-19-22-24-26-27-28-29-30-31-32-33-34-36-38-45-50-55-60-74(79)91-70(64-85-72(77)58-53-48-43-40-39-41-46-51-56-67(5)9-4)66-89-93(82,83)87-62-68(75)61-86-92(80,81)88-65-69(63-84-71(76)57-52-47-42-21-18-15-12-8-3)90-73(78)59-54-49-44-37-35-25-23-20-17-14-11-7-2/h67-70,75H,6-66H2,1-5H3,(H,80,81)(H,82,83)/t67?,68-,69+,70+/m0/s1. The molecule has 0 saturated carbocycles. The molecule has 0 saturated heterocycles. The molecule has 0 spiro atoms. The number of rotatable bonds is 74. The van der Waals surface area contributed by atoms with Crippen LogP contribution in [0.4, 0.5) is 0 Å². The van der Waals surface area contributed by atoms with E-state index in [1.165, 1.54) is 205 Å². The second kappa shape index (κ2) is 67.3. The number of carbonyl (C=O) groups excluding carboxylic acids is 4. The Morgan fingerprint density at radius 1 is 0.301 bits per heavy atom. The minimum Gasteiger partial charge on any atom is -0.462 e. The predicted molar refractivity (Wildman–Crippen MR) is 377 cm³/mol. The van der Waals surface area contributed by atoms with Gasteiger partial charge in [-0.05, 0) is 31.6 Å². The van der Waals surface area contributed by atoms with Gasteiger partial charge in [0, 0.05) is 25.7 Å². The van der Waals surface area contributed by atoms with Crippen LogP contribution >= 0.6 is 15.6 Å². The highest BCUT2D eigenvalue weighted by Crippen LogP contribution is 2.45. The lowest BCUT2D eigenvalue weighted by Crippen LogP contribution is -2.30. The minimum atomic E-state index is -4.95. The number of phosphoric ester groups is 2. The highest BCUT2D eigenvalue weighted by Gasteiger charge is 2.30. The van der Waals surface area contributed by atoms with Crippen LogP contribution in [0.2, 0.25) is 0 Å². The van der Waals surface area contributed by atoms with Gasteiger partial charge in [0.1, 0.15) is 19.3 Å². The van der Waals surface area contributed by atoms with Crippen molar-refractivity contribution in [3.05, 3.63) is 0 Å². The Kier molecular flexibility index (Phi) is 65.9. The molecule has 17 nitrogen and oxygen atoms in total. The van der Waals surface area contributed by atoms with Crippen molar-refractivity contribution in [1.82, 2.24) is 0 Å². The smallest absolute Gasteiger partial charge is 0.462 e. The van der Waals surface area contributed by atoms with Crippen LogP contribution in [0, 0.1) is 5.92 Å². The zero-order chi connectivity index (χ0) is 68.4. The number of aliphatic hydroxyl groups excluding tert-OH is 1. The molecule has 0 aromatic carbocycles. The third-order valence-corrected chi connectivity index (χ3v) is 19.5. The van der Waals surface area contributed by atoms with E-state index in [2.05, 4.69) is 34.6 Å². The highest BCUT2D eigenvalue weighted by molar-refractivity contribution is 7.47. The molecule has 0 radical (unpaired) electrons. The Morgan fingerprint density at radius 3 is 0.763 bits per heavy atom. The van der Waals surface area contributed by atoms with Crippen LogP contribution < -0.4 is 0 Å². The topological polar surface area (TPSA) is 237 Å². The van der Waals surface area contributed by atoms with Gasteiger partial charge in [-0.2, -0.15) is 0 Å². The van der Waals surface area contributed by atoms with Gasteiger partial charge < -0.3 is 33.8 Å². The first-order chi connectivity index (χ1) is 45.1. The Labute approximate surface area is 568 Å². The van der Waals surface area contributed by atoms with E-state index < -0.39 is 97.5 Å². The van der Waals surface area contributed by atoms with Crippen molar-refractivity contribution in [1.29, 1.82) is 0 Å². The van der Waals surface area contributed by atoms with Gasteiger partial charge in [-0.1, -0.05) is 336 Å². The number of aliphatic hydroxyl groups is 1. The summed E-state index contributed by atoms with van der Waals surface area (Å²) in [6, 6.07) is 0. The molecule has 0 aliphatic rings. The van der Waals surface area contributed by atoms with Crippen LogP contribution in [0.3, 0.4) is 0 Å². The quantitative estimate of drug-likeness (QED) is 0.0222. The van der Waals surface area contributed by atoms with Gasteiger partial charge in [0.05, 0.1) is 26.4 Å². The van der Waals surface area contributed by atoms with Gasteiger partial charge in [0.2, 0.25) is 0 Å². The zero-order valence-corrected chi connectivity index (χ0v) is 62.2. The molecule has 0 heterocycles. The number of ether oxygens (including phenoxy) is 4. The maximum atomic E-state index is 13.1. The molecule has 0 bridgehead atoms. The van der Waals surface area contributed by atoms with Crippen molar-refractivity contribution < 1.29 is 80.2 Å². The molecule has 0 rings (SSSR count). The lowest BCUT2D eigenvalue weighted by Gasteiger charge is -2.21. The third kappa shape index (κ3) is 67.0. The number of esters is 4. The van der Waals surface area contributed by atoms with Crippen molar-refractivity contribution in [2.75, 3.05) is 39.6 Å². The summed E-state index contributed by atoms with van der Waals surface area (Å²) < 4.78 is 68.3. The summed E-state index contributed by atoms with van der Waals surface area (Å²) in [7, 11) is -9.90. The fourth-order valence-corrected chi connectivity index (χ4v) is 12.9. The molecule has 3 unspecified atom stereocenters. The Morgan fingerprint density at radius 2 is 0.516 bits per heavy atom. The molecule has 552 valence electrons. The SMILES string of the molecule is CCCCCCCCCCCCCCCCCCCCCCCC(=O)O[C@H](COC(=O)CCCCCCCCCCC(C)CC)COP(=O)(O)OC[C@@H](O)COP(=O)(O)OC[C@@H](COC(=O)CCCCCCCCCC)OC(=O)CCCCCCCCCCCCCC. The Balaban J connectivity index is 5.16. The van der Waals surface area contributed by atoms with Gasteiger partial charge in [-0.3, -0.25) is 37.3 Å². The van der Waals surface area contributed by atoms with Crippen LogP contribution in [0.1, 0.15) is 388 Å². The molecule has 19 heteroatoms. The van der Waals surface area contributed by atoms with Crippen molar-refractivity contribution >= 4 is 39.5 Å². The summed E-state index contributed by atoms with van der Waals surface area (Å²) in [5, 5.41) is 10.6. The van der Waals surface area contributed by atoms with Crippen LogP contribution in [0.15, 0.2) is 0 Å². The summed E-state index contributed by atoms with van der Waals surface area (Å²) in [6.45, 7) is 7.25. The van der Waals surface area contributed by atoms with Crippen LogP contribution in [-0.4, -0.2) is 96.7 Å². The van der Waals surface area contributed by atoms with E-state index in [1.54, 1.807) is 0 Å². The van der Waals surface area contributed by atoms with Crippen molar-refractivity contribution in [3.63, 3.8) is 0 Å². The third-order valence-electron chi connectivity index (χ3n) is 17.6. The lowest BCUT2D eigenvalue weighted by atomic mass is 9.99. The monoisotopic (exact) mass is 1370 g/mol. The number of hydrogen-bond donors (Lipinski definition) is 3. The number of phosphoric acid groups is 2. The van der Waals surface area contributed by atoms with E-state index in [9.17, 15) is 43.2 Å². The van der Waals surface area contributed by atoms with Crippen molar-refractivity contribution in [2.45, 2.75) is 406 Å². The van der Waals surface area contributed by atoms with E-state index in [0.717, 1.165) is 102 Å². The van der Waals surface area contributed by atoms with Gasteiger partial charge in [0.25, 0.3) is 0 Å². The van der Waals surface area contributed by atoms with E-state index in [1.807, 2.05) is 0 Å². The van der Waals surface area contributed by atoms with E-state index in [4.69, 9.17) is 37.0 Å². The largest absolute Gasteiger partial charge is 0.472 e. The predicted octanol–water partition coefficient (Wildman–Crippen LogP) is 21.7. The first-order valence-electron chi connectivity index (χ1n) is 38.7. The summed E-state index contributed by atoms with van der Waals surface area (Å²) in [4.78, 5) is 72.6. The van der Waals surface area contributed by atoms with Gasteiger partial charge >= 0.3 is 39.5 Å². The van der Waals surface area contributed by atoms with Gasteiger partial charge in [-0.25, -0.2) is 9.13 Å². The number of carbonyl (C=O) groups is 4. The summed E-state index contributed by atoms with van der Waals surface area (Å²) in [5.41, 5.74) is 0. The Bertz CT molecular complexity index is 1790. The van der Waals surface area contributed by atoms with E-state index in [-0.39, 0.29) is 25.7 Å². The van der Waals surface area contributed by atoms with E-state index >= 15 is 0 Å². The van der Waals surface area contributed by atoms with Crippen molar-refractivity contribution in [3.8, 4) is 0 Å². The number of hydrogen-bond acceptors (Lipinski definition) is 15. The Hall–Kier alpha value is -1.94. The molecule has 0 aromatic rings. The normalized spacial score (nSPS) is 14.3. The zero-order valence-electron chi connectivity index (χ0n) is 60.4. The second-order valence-electron chi connectivity index (χ2n) is 26.9. The van der Waals surface area contributed by atoms with Gasteiger partial charge in [0.15, 0.2) is 12.2 Å². The van der Waals surface area contributed by atoms with E-state index in [0.29, 0.717) is 25.7 Å². The summed E-state index contributed by atoms with van der Waals surface area (Å²) in [5.74, 6) is -1.34. The highest BCUT2D eigenvalue weighted by atomic mass is 31.2. The molecule has 93 heavy (non-hydrogen) atoms. The molecule has 0 aliphatic heterocycles. The van der Waals surface area contributed by atoms with Crippen molar-refractivity contribution in [2.24, 2.45) is 5.92 Å². The number of unbranched alkanes of at least 4 members (excludes halogenated alkanes) is 45. The minimum absolute atomic E-state index is 0.107. The molecule has 0 aromatic heterocycles. The first-order valence-corrected chi connectivity index (χ1v) is 41.7. The maximum Gasteiger partial charge on any atom is 0.472 e. The summed E-state index contributed by atoms with van der Waals surface area (Å²) in [6.07, 6.45) is 55.6. The fraction of sp³-hybridized carbons (Fsp3) is 0.946. The van der Waals surface area contributed by atoms with Crippen LogP contribution in [0.25, 0.3) is 0 Å². The molecule has 6 atom stereocenters. The second-order valence-corrected chi connectivity index (χ2v) is 29.8. The van der Waals surface area contributed by atoms with Crippen LogP contribution in [0.5, 0.6) is 0 Å². The molecular formula is C74H144O17P2. The fourth-order valence-electron chi connectivity index (χ4n) is 11.3. The molecule has 0 aliphatic carbocycles. The summed E-state index contributed by atoms with van der Waals surface area (Å²) >= 11 is 0. The average molecular weight is 1370 g/mol. The first kappa shape index (κ1) is 91.1. The molecule has 0 amide bonds. The van der Waals surface area contributed by atoms with Gasteiger partial charge in [-0.15, -0.1) is 0 Å².